The van der Waals surface area contributed by atoms with Gasteiger partial charge in [-0.15, -0.1) is 0 Å². The van der Waals surface area contributed by atoms with Crippen LogP contribution in [0.15, 0.2) is 18.2 Å². The molecule has 0 amide bonds. The predicted molar refractivity (Wildman–Crippen MR) is 46.1 cm³/mol. The standard InChI is InChI=1S/C8H5FO2S/c9-7-2-1-5(4-12)3-6(7)8(10)11/h1-4H,(H,10,11). The molecule has 0 aliphatic carbocycles. The van der Waals surface area contributed by atoms with Gasteiger partial charge in [0.15, 0.2) is 0 Å². The van der Waals surface area contributed by atoms with E-state index in [1.54, 1.807) is 0 Å². The third kappa shape index (κ3) is 1.65. The minimum Gasteiger partial charge on any atom is -0.478 e. The Labute approximate surface area is 73.6 Å². The molecule has 1 rings (SSSR count). The molecule has 0 radical (unpaired) electrons. The largest absolute Gasteiger partial charge is 0.478 e. The van der Waals surface area contributed by atoms with Gasteiger partial charge in [0.05, 0.1) is 5.56 Å². The van der Waals surface area contributed by atoms with Crippen LogP contribution in [0.25, 0.3) is 0 Å². The number of halogens is 1. The smallest absolute Gasteiger partial charge is 0.338 e. The van der Waals surface area contributed by atoms with Crippen LogP contribution < -0.4 is 0 Å². The second-order valence-electron chi connectivity index (χ2n) is 2.16. The van der Waals surface area contributed by atoms with E-state index in [2.05, 4.69) is 12.2 Å². The molecule has 0 atom stereocenters. The van der Waals surface area contributed by atoms with Crippen molar-refractivity contribution in [2.75, 3.05) is 0 Å². The Kier molecular flexibility index (Phi) is 2.50. The van der Waals surface area contributed by atoms with Crippen LogP contribution in [0.3, 0.4) is 0 Å². The summed E-state index contributed by atoms with van der Waals surface area (Å²) in [6.07, 6.45) is 0. The Hall–Kier alpha value is -1.29. The van der Waals surface area contributed by atoms with Crippen molar-refractivity contribution in [3.05, 3.63) is 35.1 Å². The molecule has 1 aromatic carbocycles. The van der Waals surface area contributed by atoms with Crippen LogP contribution in [0.1, 0.15) is 15.9 Å². The van der Waals surface area contributed by atoms with Gasteiger partial charge < -0.3 is 5.11 Å². The third-order valence-electron chi connectivity index (χ3n) is 1.36. The second-order valence-corrected chi connectivity index (χ2v) is 2.40. The molecule has 0 fully saturated rings. The number of hydrogen-bond donors (Lipinski definition) is 1. The first-order valence-corrected chi connectivity index (χ1v) is 3.60. The monoisotopic (exact) mass is 184 g/mol. The summed E-state index contributed by atoms with van der Waals surface area (Å²) in [5.41, 5.74) is 0.164. The zero-order chi connectivity index (χ0) is 9.14. The molecule has 0 aliphatic rings. The van der Waals surface area contributed by atoms with Crippen molar-refractivity contribution in [1.29, 1.82) is 0 Å². The van der Waals surface area contributed by atoms with Crippen molar-refractivity contribution in [3.63, 3.8) is 0 Å². The van der Waals surface area contributed by atoms with Gasteiger partial charge >= 0.3 is 5.97 Å². The van der Waals surface area contributed by atoms with Gasteiger partial charge in [-0.05, 0) is 17.7 Å². The lowest BCUT2D eigenvalue weighted by Gasteiger charge is -1.97. The third-order valence-corrected chi connectivity index (χ3v) is 1.63. The molecule has 4 heteroatoms. The lowest BCUT2D eigenvalue weighted by Crippen LogP contribution is -2.01. The Balaban J connectivity index is 3.25. The molecule has 0 saturated heterocycles. The maximum Gasteiger partial charge on any atom is 0.338 e. The average molecular weight is 184 g/mol. The molecule has 0 aliphatic heterocycles. The van der Waals surface area contributed by atoms with E-state index >= 15 is 0 Å². The molecule has 62 valence electrons. The van der Waals surface area contributed by atoms with Crippen LogP contribution >= 0.6 is 12.2 Å². The summed E-state index contributed by atoms with van der Waals surface area (Å²) in [7, 11) is 0. The Bertz CT molecular complexity index is 336. The molecule has 2 nitrogen and oxygen atoms in total. The Morgan fingerprint density at radius 2 is 2.25 bits per heavy atom. The van der Waals surface area contributed by atoms with Gasteiger partial charge in [0.25, 0.3) is 0 Å². The van der Waals surface area contributed by atoms with Gasteiger partial charge in [-0.2, -0.15) is 0 Å². The number of thiocarbonyl (C=S) groups is 1. The molecule has 0 unspecified atom stereocenters. The molecular formula is C8H5FO2S. The fourth-order valence-corrected chi connectivity index (χ4v) is 0.927. The first-order chi connectivity index (χ1) is 5.65. The number of carbonyl (C=O) groups is 1. The quantitative estimate of drug-likeness (QED) is 0.713. The number of carboxylic acid groups (broad SMARTS) is 1. The Morgan fingerprint density at radius 3 is 2.75 bits per heavy atom. The molecule has 0 saturated carbocycles. The predicted octanol–water partition coefficient (Wildman–Crippen LogP) is 1.87. The van der Waals surface area contributed by atoms with E-state index in [0.29, 0.717) is 5.56 Å². The molecule has 1 N–H and O–H groups in total. The van der Waals surface area contributed by atoms with Crippen LogP contribution in [0, 0.1) is 5.82 Å². The van der Waals surface area contributed by atoms with Crippen molar-refractivity contribution in [2.45, 2.75) is 0 Å². The van der Waals surface area contributed by atoms with E-state index in [-0.39, 0.29) is 5.56 Å². The summed E-state index contributed by atoms with van der Waals surface area (Å²) in [6, 6.07) is 3.71. The van der Waals surface area contributed by atoms with Gasteiger partial charge in [-0.1, -0.05) is 18.3 Å². The Morgan fingerprint density at radius 1 is 1.58 bits per heavy atom. The number of rotatable bonds is 2. The van der Waals surface area contributed by atoms with E-state index in [9.17, 15) is 9.18 Å². The van der Waals surface area contributed by atoms with Crippen LogP contribution in [0.4, 0.5) is 4.39 Å². The summed E-state index contributed by atoms with van der Waals surface area (Å²) >= 11 is 4.57. The molecule has 12 heavy (non-hydrogen) atoms. The lowest BCUT2D eigenvalue weighted by molar-refractivity contribution is 0.0692. The van der Waals surface area contributed by atoms with Crippen molar-refractivity contribution in [2.24, 2.45) is 0 Å². The molecule has 1 aromatic rings. The SMILES string of the molecule is O=C(O)c1cc(C=S)ccc1F. The van der Waals surface area contributed by atoms with Crippen LogP contribution in [0.5, 0.6) is 0 Å². The van der Waals surface area contributed by atoms with Crippen LogP contribution in [-0.2, 0) is 0 Å². The number of aromatic carboxylic acids is 1. The lowest BCUT2D eigenvalue weighted by atomic mass is 10.1. The van der Waals surface area contributed by atoms with Crippen molar-refractivity contribution in [1.82, 2.24) is 0 Å². The normalized spacial score (nSPS) is 9.42. The first-order valence-electron chi connectivity index (χ1n) is 3.13. The topological polar surface area (TPSA) is 37.3 Å². The van der Waals surface area contributed by atoms with Gasteiger partial charge in [-0.25, -0.2) is 9.18 Å². The minimum absolute atomic E-state index is 0.353. The second kappa shape index (κ2) is 3.40. The highest BCUT2D eigenvalue weighted by Crippen LogP contribution is 2.09. The van der Waals surface area contributed by atoms with Crippen molar-refractivity contribution < 1.29 is 14.3 Å². The highest BCUT2D eigenvalue weighted by Gasteiger charge is 2.09. The number of hydrogen-bond acceptors (Lipinski definition) is 2. The van der Waals surface area contributed by atoms with E-state index in [1.165, 1.54) is 17.5 Å². The zero-order valence-corrected chi connectivity index (χ0v) is 6.77. The van der Waals surface area contributed by atoms with E-state index in [0.717, 1.165) is 6.07 Å². The highest BCUT2D eigenvalue weighted by atomic mass is 32.1. The van der Waals surface area contributed by atoms with Crippen molar-refractivity contribution >= 4 is 23.6 Å². The molecular weight excluding hydrogens is 179 g/mol. The summed E-state index contributed by atoms with van der Waals surface area (Å²) in [5.74, 6) is -2.03. The minimum atomic E-state index is -1.29. The van der Waals surface area contributed by atoms with Gasteiger partial charge in [0.1, 0.15) is 5.82 Å². The summed E-state index contributed by atoms with van der Waals surface area (Å²) in [6.45, 7) is 0. The molecule has 0 heterocycles. The summed E-state index contributed by atoms with van der Waals surface area (Å²) in [5, 5.41) is 9.80. The van der Waals surface area contributed by atoms with Gasteiger partial charge in [0.2, 0.25) is 0 Å². The van der Waals surface area contributed by atoms with Crippen molar-refractivity contribution in [3.8, 4) is 0 Å². The maximum absolute atomic E-state index is 12.7. The van der Waals surface area contributed by atoms with Gasteiger partial charge in [-0.3, -0.25) is 0 Å². The number of carboxylic acids is 1. The molecule has 0 spiro atoms. The summed E-state index contributed by atoms with van der Waals surface area (Å²) < 4.78 is 12.7. The van der Waals surface area contributed by atoms with E-state index in [4.69, 9.17) is 5.11 Å². The fraction of sp³-hybridized carbons (Fsp3) is 0. The van der Waals surface area contributed by atoms with E-state index in [1.807, 2.05) is 0 Å². The highest BCUT2D eigenvalue weighted by molar-refractivity contribution is 7.79. The average Bonchev–Trinajstić information content (AvgIpc) is 2.05. The summed E-state index contributed by atoms with van der Waals surface area (Å²) in [4.78, 5) is 10.4. The maximum atomic E-state index is 12.7. The van der Waals surface area contributed by atoms with Crippen LogP contribution in [-0.4, -0.2) is 16.4 Å². The first kappa shape index (κ1) is 8.80. The zero-order valence-electron chi connectivity index (χ0n) is 5.95. The van der Waals surface area contributed by atoms with Gasteiger partial charge in [0, 0.05) is 5.37 Å². The molecule has 0 bridgehead atoms. The molecule has 0 aromatic heterocycles. The number of benzene rings is 1. The van der Waals surface area contributed by atoms with Crippen LogP contribution in [0.2, 0.25) is 0 Å². The fourth-order valence-electron chi connectivity index (χ4n) is 0.780. The van der Waals surface area contributed by atoms with E-state index < -0.39 is 11.8 Å².